The summed E-state index contributed by atoms with van der Waals surface area (Å²) in [6.45, 7) is 3.21. The Hall–Kier alpha value is -2.78. The first kappa shape index (κ1) is 24.5. The molecule has 1 aliphatic rings. The Bertz CT molecular complexity index is 829. The number of hydrogen-bond donors (Lipinski definition) is 3. The van der Waals surface area contributed by atoms with Crippen LogP contribution in [-0.2, 0) is 17.6 Å². The number of alkyl halides is 3. The number of rotatable bonds is 6. The number of nitrogens with two attached hydrogens (primary N) is 1. The molecule has 0 aliphatic carbocycles. The van der Waals surface area contributed by atoms with Crippen LogP contribution in [0.25, 0.3) is 0 Å². The topological polar surface area (TPSA) is 87.8 Å². The highest BCUT2D eigenvalue weighted by Crippen LogP contribution is 2.35. The Labute approximate surface area is 179 Å². The molecule has 2 aromatic carbocycles. The smallest absolute Gasteiger partial charge is 0.418 e. The Morgan fingerprint density at radius 1 is 1.23 bits per heavy atom. The van der Waals surface area contributed by atoms with Crippen LogP contribution in [0.4, 0.5) is 18.9 Å². The van der Waals surface area contributed by atoms with Crippen LogP contribution in [0, 0.1) is 0 Å². The number of aliphatic hydroxyl groups is 1. The highest BCUT2D eigenvalue weighted by Gasteiger charge is 2.34. The molecule has 1 heterocycles. The number of likely N-dealkylation sites (tertiary alicyclic amines) is 1. The molecule has 170 valence electrons. The Morgan fingerprint density at radius 2 is 1.87 bits per heavy atom. The minimum absolute atomic E-state index is 0.0227. The molecule has 1 fully saturated rings. The number of carbonyl (C=O) groups excluding carboxylic acids is 1. The van der Waals surface area contributed by atoms with Crippen molar-refractivity contribution in [3.05, 3.63) is 59.7 Å². The Morgan fingerprint density at radius 3 is 2.48 bits per heavy atom. The molecule has 0 bridgehead atoms. The van der Waals surface area contributed by atoms with Crippen molar-refractivity contribution < 1.29 is 27.8 Å². The maximum absolute atomic E-state index is 13.1. The van der Waals surface area contributed by atoms with Crippen molar-refractivity contribution in [1.29, 1.82) is 0 Å². The third-order valence-corrected chi connectivity index (χ3v) is 4.60. The van der Waals surface area contributed by atoms with Gasteiger partial charge in [0.05, 0.1) is 12.2 Å². The van der Waals surface area contributed by atoms with Crippen molar-refractivity contribution in [3.8, 4) is 5.75 Å². The van der Waals surface area contributed by atoms with Gasteiger partial charge < -0.3 is 25.8 Å². The number of carbonyl (C=O) groups is 1. The zero-order valence-corrected chi connectivity index (χ0v) is 17.4. The third kappa shape index (κ3) is 7.45. The molecule has 0 radical (unpaired) electrons. The fraction of sp³-hybridized carbons (Fsp3) is 0.409. The largest absolute Gasteiger partial charge is 0.484 e. The Kier molecular flexibility index (Phi) is 9.14. The average molecular weight is 439 g/mol. The molecule has 4 N–H and O–H groups in total. The molecule has 1 amide bonds. The minimum Gasteiger partial charge on any atom is -0.484 e. The lowest BCUT2D eigenvalue weighted by atomic mass is 10.1. The average Bonchev–Trinajstić information content (AvgIpc) is 3.21. The van der Waals surface area contributed by atoms with E-state index >= 15 is 0 Å². The monoisotopic (exact) mass is 439 g/mol. The zero-order valence-electron chi connectivity index (χ0n) is 17.4. The molecule has 3 rings (SSSR count). The van der Waals surface area contributed by atoms with Gasteiger partial charge in [-0.3, -0.25) is 4.79 Å². The molecule has 31 heavy (non-hydrogen) atoms. The number of hydrogen-bond acceptors (Lipinski definition) is 5. The summed E-state index contributed by atoms with van der Waals surface area (Å²) in [5.41, 5.74) is 4.90. The second-order valence-corrected chi connectivity index (χ2v) is 7.01. The van der Waals surface area contributed by atoms with E-state index in [1.54, 1.807) is 35.2 Å². The van der Waals surface area contributed by atoms with E-state index in [1.807, 2.05) is 6.92 Å². The van der Waals surface area contributed by atoms with E-state index in [4.69, 9.17) is 15.6 Å². The van der Waals surface area contributed by atoms with Gasteiger partial charge in [0.25, 0.3) is 5.91 Å². The number of para-hydroxylation sites is 1. The summed E-state index contributed by atoms with van der Waals surface area (Å²) in [7, 11) is 0. The second-order valence-electron chi connectivity index (χ2n) is 7.01. The van der Waals surface area contributed by atoms with Crippen LogP contribution in [0.5, 0.6) is 5.75 Å². The van der Waals surface area contributed by atoms with Crippen LogP contribution in [0.2, 0.25) is 0 Å². The van der Waals surface area contributed by atoms with Crippen molar-refractivity contribution in [3.63, 3.8) is 0 Å². The number of nitrogens with zero attached hydrogens (tertiary/aromatic N) is 1. The number of benzene rings is 2. The molecule has 1 aliphatic heterocycles. The van der Waals surface area contributed by atoms with Crippen LogP contribution in [0.15, 0.2) is 48.5 Å². The Balaban J connectivity index is 0.00000107. The molecule has 0 saturated carbocycles. The van der Waals surface area contributed by atoms with E-state index in [-0.39, 0.29) is 30.9 Å². The number of ether oxygens (including phenoxy) is 1. The van der Waals surface area contributed by atoms with Crippen molar-refractivity contribution in [1.82, 2.24) is 4.90 Å². The predicted octanol–water partition coefficient (Wildman–Crippen LogP) is 3.25. The van der Waals surface area contributed by atoms with E-state index in [1.165, 1.54) is 12.1 Å². The SMILES string of the molecule is CCN.O=C(COc1ccc(CO)cc1)N1CCC(Nc2ccccc2C(F)(F)F)C1. The van der Waals surface area contributed by atoms with Gasteiger partial charge in [0.15, 0.2) is 6.61 Å². The molecular formula is C22H28F3N3O3. The van der Waals surface area contributed by atoms with E-state index in [9.17, 15) is 18.0 Å². The normalized spacial score (nSPS) is 15.8. The van der Waals surface area contributed by atoms with Gasteiger partial charge in [-0.05, 0) is 42.8 Å². The lowest BCUT2D eigenvalue weighted by molar-refractivity contribution is -0.137. The molecule has 1 unspecified atom stereocenters. The summed E-state index contributed by atoms with van der Waals surface area (Å²) < 4.78 is 44.8. The minimum atomic E-state index is -4.43. The summed E-state index contributed by atoms with van der Waals surface area (Å²) >= 11 is 0. The van der Waals surface area contributed by atoms with Gasteiger partial charge in [0.2, 0.25) is 0 Å². The van der Waals surface area contributed by atoms with Gasteiger partial charge >= 0.3 is 6.18 Å². The highest BCUT2D eigenvalue weighted by atomic mass is 19.4. The van der Waals surface area contributed by atoms with Crippen LogP contribution < -0.4 is 15.8 Å². The summed E-state index contributed by atoms with van der Waals surface area (Å²) in [5, 5.41) is 11.9. The molecule has 9 heteroatoms. The van der Waals surface area contributed by atoms with Crippen molar-refractivity contribution in [2.45, 2.75) is 32.2 Å². The van der Waals surface area contributed by atoms with Gasteiger partial charge in [-0.1, -0.05) is 31.2 Å². The summed E-state index contributed by atoms with van der Waals surface area (Å²) in [4.78, 5) is 13.9. The first-order chi connectivity index (χ1) is 14.8. The molecule has 2 aromatic rings. The van der Waals surface area contributed by atoms with E-state index < -0.39 is 11.7 Å². The first-order valence-corrected chi connectivity index (χ1v) is 10.0. The number of halogens is 3. The number of amides is 1. The number of anilines is 1. The van der Waals surface area contributed by atoms with E-state index in [0.29, 0.717) is 25.3 Å². The van der Waals surface area contributed by atoms with Crippen LogP contribution in [-0.4, -0.2) is 48.2 Å². The number of aliphatic hydroxyl groups excluding tert-OH is 1. The van der Waals surface area contributed by atoms with Crippen molar-refractivity contribution in [2.75, 3.05) is 31.6 Å². The molecule has 0 spiro atoms. The quantitative estimate of drug-likeness (QED) is 0.643. The molecular weight excluding hydrogens is 411 g/mol. The molecule has 0 aromatic heterocycles. The number of nitrogens with one attached hydrogen (secondary N) is 1. The van der Waals surface area contributed by atoms with Gasteiger partial charge in [0.1, 0.15) is 5.75 Å². The molecule has 1 saturated heterocycles. The first-order valence-electron chi connectivity index (χ1n) is 10.0. The third-order valence-electron chi connectivity index (χ3n) is 4.60. The summed E-state index contributed by atoms with van der Waals surface area (Å²) in [5.74, 6) is 0.290. The standard InChI is InChI=1S/C20H21F3N2O3.C2H7N/c21-20(22,23)17-3-1-2-4-18(17)24-15-9-10-25(11-15)19(27)13-28-16-7-5-14(12-26)6-8-16;1-2-3/h1-8,15,24,26H,9-13H2;2-3H2,1H3. The summed E-state index contributed by atoms with van der Waals surface area (Å²) in [6.07, 6.45) is -3.87. The predicted molar refractivity (Wildman–Crippen MR) is 113 cm³/mol. The zero-order chi connectivity index (χ0) is 22.9. The lowest BCUT2D eigenvalue weighted by Gasteiger charge is -2.20. The maximum atomic E-state index is 13.1. The fourth-order valence-corrected chi connectivity index (χ4v) is 3.11. The molecule has 1 atom stereocenters. The maximum Gasteiger partial charge on any atom is 0.418 e. The van der Waals surface area contributed by atoms with Gasteiger partial charge in [-0.15, -0.1) is 0 Å². The highest BCUT2D eigenvalue weighted by molar-refractivity contribution is 5.78. The van der Waals surface area contributed by atoms with Gasteiger partial charge in [-0.25, -0.2) is 0 Å². The fourth-order valence-electron chi connectivity index (χ4n) is 3.11. The molecule has 6 nitrogen and oxygen atoms in total. The van der Waals surface area contributed by atoms with Crippen molar-refractivity contribution >= 4 is 11.6 Å². The van der Waals surface area contributed by atoms with Crippen molar-refractivity contribution in [2.24, 2.45) is 5.73 Å². The van der Waals surface area contributed by atoms with Crippen LogP contribution in [0.1, 0.15) is 24.5 Å². The van der Waals surface area contributed by atoms with Gasteiger partial charge in [-0.2, -0.15) is 13.2 Å². The van der Waals surface area contributed by atoms with E-state index in [0.717, 1.165) is 18.2 Å². The van der Waals surface area contributed by atoms with Crippen LogP contribution >= 0.6 is 0 Å². The summed E-state index contributed by atoms with van der Waals surface area (Å²) in [6, 6.07) is 11.8. The van der Waals surface area contributed by atoms with Gasteiger partial charge in [0, 0.05) is 24.8 Å². The second kappa shape index (κ2) is 11.6. The van der Waals surface area contributed by atoms with E-state index in [2.05, 4.69) is 5.32 Å². The van der Waals surface area contributed by atoms with Crippen LogP contribution in [0.3, 0.4) is 0 Å². The lowest BCUT2D eigenvalue weighted by Crippen LogP contribution is -2.35.